The van der Waals surface area contributed by atoms with Gasteiger partial charge in [0.25, 0.3) is 5.56 Å². The third kappa shape index (κ3) is 3.78. The summed E-state index contributed by atoms with van der Waals surface area (Å²) in [7, 11) is 3.67. The van der Waals surface area contributed by atoms with Crippen molar-refractivity contribution in [3.63, 3.8) is 0 Å². The topological polar surface area (TPSA) is 56.0 Å². The van der Waals surface area contributed by atoms with E-state index in [4.69, 9.17) is 11.6 Å². The molecule has 2 aromatic heterocycles. The van der Waals surface area contributed by atoms with Crippen molar-refractivity contribution < 1.29 is 0 Å². The molecule has 3 heterocycles. The fourth-order valence-electron chi connectivity index (χ4n) is 3.83. The molecular formula is C21H26ClN5OS. The first-order chi connectivity index (χ1) is 13.8. The lowest BCUT2D eigenvalue weighted by molar-refractivity contribution is 0.236. The first-order valence-electron chi connectivity index (χ1n) is 9.92. The van der Waals surface area contributed by atoms with Crippen LogP contribution in [0.1, 0.15) is 33.1 Å². The summed E-state index contributed by atoms with van der Waals surface area (Å²) in [6, 6.07) is 3.83. The number of nitrogens with zero attached hydrogens (tertiary/aromatic N) is 5. The molecule has 1 aliphatic rings. The molecule has 8 heteroatoms. The fourth-order valence-corrected chi connectivity index (χ4v) is 5.06. The molecule has 0 radical (unpaired) electrons. The van der Waals surface area contributed by atoms with Crippen LogP contribution < -0.4 is 10.5 Å². The summed E-state index contributed by atoms with van der Waals surface area (Å²) in [6.07, 6.45) is 7.00. The van der Waals surface area contributed by atoms with E-state index in [1.54, 1.807) is 22.5 Å². The lowest BCUT2D eigenvalue weighted by atomic mass is 9.78. The molecule has 1 fully saturated rings. The van der Waals surface area contributed by atoms with E-state index in [-0.39, 0.29) is 5.56 Å². The zero-order chi connectivity index (χ0) is 20.8. The molecule has 0 aliphatic carbocycles. The number of aromatic nitrogens is 4. The normalized spacial score (nSPS) is 16.5. The summed E-state index contributed by atoms with van der Waals surface area (Å²) in [5.74, 6) is 0.742. The van der Waals surface area contributed by atoms with E-state index in [1.807, 2.05) is 25.4 Å². The van der Waals surface area contributed by atoms with Gasteiger partial charge in [-0.25, -0.2) is 4.98 Å². The summed E-state index contributed by atoms with van der Waals surface area (Å²) < 4.78 is 3.40. The molecular weight excluding hydrogens is 406 g/mol. The van der Waals surface area contributed by atoms with E-state index in [0.717, 1.165) is 47.7 Å². The van der Waals surface area contributed by atoms with Gasteiger partial charge in [0.2, 0.25) is 5.95 Å². The van der Waals surface area contributed by atoms with Crippen molar-refractivity contribution in [2.45, 2.75) is 42.9 Å². The number of hydrogen-bond donors (Lipinski definition) is 0. The summed E-state index contributed by atoms with van der Waals surface area (Å²) in [4.78, 5) is 21.3. The fraction of sp³-hybridized carbons (Fsp3) is 0.476. The number of anilines is 1. The van der Waals surface area contributed by atoms with Gasteiger partial charge in [-0.05, 0) is 30.4 Å². The molecule has 0 N–H and O–H groups in total. The van der Waals surface area contributed by atoms with Gasteiger partial charge in [0.05, 0.1) is 21.6 Å². The first kappa shape index (κ1) is 20.3. The summed E-state index contributed by atoms with van der Waals surface area (Å²) in [6.45, 7) is 6.46. The molecule has 154 valence electrons. The van der Waals surface area contributed by atoms with E-state index in [2.05, 4.69) is 28.8 Å². The molecule has 0 bridgehead atoms. The van der Waals surface area contributed by atoms with Gasteiger partial charge in [0.1, 0.15) is 0 Å². The van der Waals surface area contributed by atoms with Crippen molar-refractivity contribution >= 4 is 40.2 Å². The zero-order valence-electron chi connectivity index (χ0n) is 17.3. The highest BCUT2D eigenvalue weighted by molar-refractivity contribution is 7.99. The molecule has 3 aromatic rings. The first-order valence-corrected chi connectivity index (χ1v) is 11.1. The van der Waals surface area contributed by atoms with Gasteiger partial charge in [-0.2, -0.15) is 5.10 Å². The van der Waals surface area contributed by atoms with Crippen LogP contribution >= 0.6 is 23.4 Å². The van der Waals surface area contributed by atoms with Crippen molar-refractivity contribution in [3.8, 4) is 0 Å². The molecule has 1 aromatic carbocycles. The highest BCUT2D eigenvalue weighted by Gasteiger charge is 2.29. The maximum atomic E-state index is 13.0. The number of benzene rings is 1. The molecule has 1 aliphatic heterocycles. The summed E-state index contributed by atoms with van der Waals surface area (Å²) in [5.41, 5.74) is 1.19. The van der Waals surface area contributed by atoms with Crippen LogP contribution in [0.2, 0.25) is 5.02 Å². The molecule has 1 saturated heterocycles. The van der Waals surface area contributed by atoms with Crippen LogP contribution in [-0.2, 0) is 14.1 Å². The van der Waals surface area contributed by atoms with Crippen molar-refractivity contribution in [3.05, 3.63) is 39.9 Å². The molecule has 0 unspecified atom stereocenters. The Labute approximate surface area is 179 Å². The molecule has 6 nitrogen and oxygen atoms in total. The second kappa shape index (κ2) is 7.69. The largest absolute Gasteiger partial charge is 0.342 e. The average molecular weight is 432 g/mol. The van der Waals surface area contributed by atoms with Gasteiger partial charge >= 0.3 is 0 Å². The van der Waals surface area contributed by atoms with Gasteiger partial charge in [-0.1, -0.05) is 43.6 Å². The van der Waals surface area contributed by atoms with Gasteiger partial charge in [-0.3, -0.25) is 14.0 Å². The van der Waals surface area contributed by atoms with Crippen LogP contribution in [0.4, 0.5) is 5.95 Å². The summed E-state index contributed by atoms with van der Waals surface area (Å²) in [5, 5.41) is 5.87. The second-order valence-corrected chi connectivity index (χ2v) is 9.61. The SMILES string of the molecule is CCC1(C)CCN(c2ncc(Sc3ccc4nn(C)cc4c3Cl)c(=O)n2C)CC1. The van der Waals surface area contributed by atoms with E-state index >= 15 is 0 Å². The number of hydrogen-bond acceptors (Lipinski definition) is 5. The monoisotopic (exact) mass is 431 g/mol. The maximum absolute atomic E-state index is 13.0. The van der Waals surface area contributed by atoms with E-state index < -0.39 is 0 Å². The molecule has 29 heavy (non-hydrogen) atoms. The maximum Gasteiger partial charge on any atom is 0.268 e. The Kier molecular flexibility index (Phi) is 5.38. The van der Waals surface area contributed by atoms with Crippen molar-refractivity contribution in [1.29, 1.82) is 0 Å². The van der Waals surface area contributed by atoms with E-state index in [9.17, 15) is 4.79 Å². The van der Waals surface area contributed by atoms with Crippen LogP contribution in [0.15, 0.2) is 39.1 Å². The highest BCUT2D eigenvalue weighted by Crippen LogP contribution is 2.37. The Morgan fingerprint density at radius 3 is 2.62 bits per heavy atom. The lowest BCUT2D eigenvalue weighted by Crippen LogP contribution is -2.41. The minimum atomic E-state index is -0.0498. The minimum absolute atomic E-state index is 0.0498. The molecule has 0 atom stereocenters. The third-order valence-corrected chi connectivity index (χ3v) is 7.72. The number of aryl methyl sites for hydroxylation is 1. The number of piperidine rings is 1. The van der Waals surface area contributed by atoms with Gasteiger partial charge in [-0.15, -0.1) is 0 Å². The van der Waals surface area contributed by atoms with Gasteiger partial charge in [0, 0.05) is 43.7 Å². The Balaban J connectivity index is 1.60. The predicted molar refractivity (Wildman–Crippen MR) is 119 cm³/mol. The Morgan fingerprint density at radius 2 is 1.93 bits per heavy atom. The number of fused-ring (bicyclic) bond motifs is 1. The van der Waals surface area contributed by atoms with Crippen molar-refractivity contribution in [2.24, 2.45) is 19.5 Å². The van der Waals surface area contributed by atoms with E-state index in [0.29, 0.717) is 15.3 Å². The predicted octanol–water partition coefficient (Wildman–Crippen LogP) is 4.49. The zero-order valence-corrected chi connectivity index (χ0v) is 18.8. The smallest absolute Gasteiger partial charge is 0.268 e. The Bertz CT molecular complexity index is 1110. The van der Waals surface area contributed by atoms with Crippen LogP contribution in [0.5, 0.6) is 0 Å². The third-order valence-electron chi connectivity index (χ3n) is 6.14. The Morgan fingerprint density at radius 1 is 1.21 bits per heavy atom. The summed E-state index contributed by atoms with van der Waals surface area (Å²) >= 11 is 7.93. The second-order valence-electron chi connectivity index (χ2n) is 8.15. The highest BCUT2D eigenvalue weighted by atomic mass is 35.5. The van der Waals surface area contributed by atoms with Crippen molar-refractivity contribution in [2.75, 3.05) is 18.0 Å². The quantitative estimate of drug-likeness (QED) is 0.609. The molecule has 0 saturated carbocycles. The molecule has 4 rings (SSSR count). The number of rotatable bonds is 4. The molecule has 0 spiro atoms. The van der Waals surface area contributed by atoms with Crippen LogP contribution in [-0.4, -0.2) is 32.4 Å². The van der Waals surface area contributed by atoms with Crippen LogP contribution in [0.3, 0.4) is 0 Å². The van der Waals surface area contributed by atoms with Gasteiger partial charge in [0.15, 0.2) is 0 Å². The van der Waals surface area contributed by atoms with Gasteiger partial charge < -0.3 is 4.90 Å². The Hall–Kier alpha value is -1.99. The minimum Gasteiger partial charge on any atom is -0.342 e. The van der Waals surface area contributed by atoms with Crippen LogP contribution in [0, 0.1) is 5.41 Å². The standard InChI is InChI=1S/C21H26ClN5OS/c1-5-21(2)8-10-27(11-9-21)20-23-12-17(19(28)26(20)4)29-16-7-6-15-14(18(16)22)13-25(3)24-15/h6-7,12-13H,5,8-11H2,1-4H3. The number of halogens is 1. The van der Waals surface area contributed by atoms with E-state index in [1.165, 1.54) is 18.2 Å². The average Bonchev–Trinajstić information content (AvgIpc) is 3.10. The lowest BCUT2D eigenvalue weighted by Gasteiger charge is -2.39. The van der Waals surface area contributed by atoms with Crippen LogP contribution in [0.25, 0.3) is 10.9 Å². The van der Waals surface area contributed by atoms with Crippen molar-refractivity contribution in [1.82, 2.24) is 19.3 Å². The molecule has 0 amide bonds.